The molecule has 0 aliphatic carbocycles. The predicted octanol–water partition coefficient (Wildman–Crippen LogP) is 4.70. The minimum absolute atomic E-state index is 0.567. The van der Waals surface area contributed by atoms with E-state index in [2.05, 4.69) is 51.8 Å². The molecule has 20 heavy (non-hydrogen) atoms. The van der Waals surface area contributed by atoms with Gasteiger partial charge >= 0.3 is 0 Å². The van der Waals surface area contributed by atoms with Crippen molar-refractivity contribution < 1.29 is 0 Å². The molecule has 3 nitrogen and oxygen atoms in total. The number of anilines is 1. The van der Waals surface area contributed by atoms with Crippen LogP contribution in [0.2, 0.25) is 0 Å². The average Bonchev–Trinajstić information content (AvgIpc) is 2.40. The van der Waals surface area contributed by atoms with Gasteiger partial charge in [-0.05, 0) is 25.7 Å². The van der Waals surface area contributed by atoms with Crippen molar-refractivity contribution in [2.24, 2.45) is 5.92 Å². The number of thioether (sulfide) groups is 1. The fraction of sp³-hybridized carbons (Fsp3) is 0.750. The lowest BCUT2D eigenvalue weighted by Crippen LogP contribution is -2.11. The van der Waals surface area contributed by atoms with Crippen molar-refractivity contribution in [3.8, 4) is 0 Å². The van der Waals surface area contributed by atoms with Gasteiger partial charge in [0.2, 0.25) is 0 Å². The Balaban J connectivity index is 3.03. The fourth-order valence-electron chi connectivity index (χ4n) is 1.72. The molecule has 1 heterocycles. The summed E-state index contributed by atoms with van der Waals surface area (Å²) in [6.07, 6.45) is 3.14. The van der Waals surface area contributed by atoms with Crippen LogP contribution in [0.4, 0.5) is 5.82 Å². The number of aryl methyl sites for hydroxylation is 1. The molecule has 114 valence electrons. The number of aromatic nitrogens is 2. The molecule has 0 aromatic carbocycles. The SMILES string of the molecule is CCCNc1nc(CCC)nc(SC(C)C(C)C)c1C. The molecule has 0 saturated carbocycles. The summed E-state index contributed by atoms with van der Waals surface area (Å²) in [6.45, 7) is 14.2. The highest BCUT2D eigenvalue weighted by atomic mass is 32.2. The van der Waals surface area contributed by atoms with Crippen LogP contribution in [0.5, 0.6) is 0 Å². The first kappa shape index (κ1) is 17.3. The summed E-state index contributed by atoms with van der Waals surface area (Å²) in [5, 5.41) is 5.15. The molecule has 0 spiro atoms. The Kier molecular flexibility index (Phi) is 7.35. The molecule has 1 atom stereocenters. The van der Waals surface area contributed by atoms with Crippen LogP contribution in [0, 0.1) is 12.8 Å². The van der Waals surface area contributed by atoms with Gasteiger partial charge in [0.1, 0.15) is 16.7 Å². The van der Waals surface area contributed by atoms with Gasteiger partial charge in [-0.2, -0.15) is 0 Å². The number of rotatable bonds is 8. The van der Waals surface area contributed by atoms with Crippen molar-refractivity contribution in [2.75, 3.05) is 11.9 Å². The van der Waals surface area contributed by atoms with Crippen LogP contribution in [-0.2, 0) is 6.42 Å². The van der Waals surface area contributed by atoms with Crippen LogP contribution < -0.4 is 5.32 Å². The Bertz CT molecular complexity index is 418. The van der Waals surface area contributed by atoms with Crippen LogP contribution in [0.1, 0.15) is 58.8 Å². The van der Waals surface area contributed by atoms with E-state index in [9.17, 15) is 0 Å². The zero-order valence-electron chi connectivity index (χ0n) is 13.8. The second-order valence-electron chi connectivity index (χ2n) is 5.66. The predicted molar refractivity (Wildman–Crippen MR) is 89.7 cm³/mol. The summed E-state index contributed by atoms with van der Waals surface area (Å²) in [7, 11) is 0. The molecule has 0 aliphatic rings. The molecule has 1 aromatic heterocycles. The standard InChI is InChI=1S/C16H29N3S/c1-7-9-14-18-15(17-10-8-2)12(5)16(19-14)20-13(6)11(3)4/h11,13H,7-10H2,1-6H3,(H,17,18,19). The second-order valence-corrected chi connectivity index (χ2v) is 7.03. The maximum absolute atomic E-state index is 4.76. The average molecular weight is 295 g/mol. The molecule has 1 unspecified atom stereocenters. The van der Waals surface area contributed by atoms with E-state index in [0.29, 0.717) is 11.2 Å². The highest BCUT2D eigenvalue weighted by Crippen LogP contribution is 2.31. The first-order valence-corrected chi connectivity index (χ1v) is 8.65. The van der Waals surface area contributed by atoms with Crippen LogP contribution in [-0.4, -0.2) is 21.8 Å². The lowest BCUT2D eigenvalue weighted by Gasteiger charge is -2.18. The minimum Gasteiger partial charge on any atom is -0.370 e. The number of nitrogens with zero attached hydrogens (tertiary/aromatic N) is 2. The molecule has 1 N–H and O–H groups in total. The Morgan fingerprint density at radius 1 is 1.10 bits per heavy atom. The summed E-state index contributed by atoms with van der Waals surface area (Å²) >= 11 is 1.87. The Morgan fingerprint density at radius 2 is 1.80 bits per heavy atom. The normalized spacial score (nSPS) is 12.8. The quantitative estimate of drug-likeness (QED) is 0.557. The van der Waals surface area contributed by atoms with Crippen LogP contribution in [0.3, 0.4) is 0 Å². The highest BCUT2D eigenvalue weighted by molar-refractivity contribution is 7.99. The summed E-state index contributed by atoms with van der Waals surface area (Å²) in [6, 6.07) is 0. The number of hydrogen-bond acceptors (Lipinski definition) is 4. The summed E-state index contributed by atoms with van der Waals surface area (Å²) < 4.78 is 0. The van der Waals surface area contributed by atoms with Crippen molar-refractivity contribution in [2.45, 2.75) is 71.1 Å². The van der Waals surface area contributed by atoms with Gasteiger partial charge in [0.05, 0.1) is 0 Å². The molecule has 0 amide bonds. The van der Waals surface area contributed by atoms with Gasteiger partial charge in [-0.15, -0.1) is 11.8 Å². The van der Waals surface area contributed by atoms with Gasteiger partial charge in [0, 0.05) is 23.8 Å². The molecule has 1 aromatic rings. The monoisotopic (exact) mass is 295 g/mol. The van der Waals surface area contributed by atoms with Crippen LogP contribution in [0.25, 0.3) is 0 Å². The fourth-order valence-corrected chi connectivity index (χ4v) is 2.77. The van der Waals surface area contributed by atoms with E-state index in [-0.39, 0.29) is 0 Å². The Hall–Kier alpha value is -0.770. The largest absolute Gasteiger partial charge is 0.370 e. The zero-order chi connectivity index (χ0) is 15.1. The summed E-state index contributed by atoms with van der Waals surface area (Å²) in [5.74, 6) is 2.63. The molecule has 0 saturated heterocycles. The molecular weight excluding hydrogens is 266 g/mol. The van der Waals surface area contributed by atoms with E-state index in [0.717, 1.165) is 42.5 Å². The second kappa shape index (κ2) is 8.50. The van der Waals surface area contributed by atoms with Gasteiger partial charge in [-0.3, -0.25) is 0 Å². The molecular formula is C16H29N3S. The van der Waals surface area contributed by atoms with Crippen molar-refractivity contribution >= 4 is 17.6 Å². The smallest absolute Gasteiger partial charge is 0.133 e. The molecule has 0 bridgehead atoms. The van der Waals surface area contributed by atoms with Crippen LogP contribution in [0.15, 0.2) is 5.03 Å². The third kappa shape index (κ3) is 4.97. The maximum atomic E-state index is 4.76. The molecule has 1 rings (SSSR count). The maximum Gasteiger partial charge on any atom is 0.133 e. The summed E-state index contributed by atoms with van der Waals surface area (Å²) in [5.41, 5.74) is 1.19. The first-order valence-electron chi connectivity index (χ1n) is 7.77. The molecule has 0 radical (unpaired) electrons. The third-order valence-corrected chi connectivity index (χ3v) is 4.94. The van der Waals surface area contributed by atoms with Crippen molar-refractivity contribution in [1.82, 2.24) is 9.97 Å². The van der Waals surface area contributed by atoms with Gasteiger partial charge in [0.25, 0.3) is 0 Å². The third-order valence-electron chi connectivity index (χ3n) is 3.40. The number of hydrogen-bond donors (Lipinski definition) is 1. The van der Waals surface area contributed by atoms with E-state index in [4.69, 9.17) is 4.98 Å². The van der Waals surface area contributed by atoms with E-state index >= 15 is 0 Å². The van der Waals surface area contributed by atoms with Gasteiger partial charge in [0.15, 0.2) is 0 Å². The first-order chi connectivity index (χ1) is 9.49. The molecule has 0 fully saturated rings. The lowest BCUT2D eigenvalue weighted by atomic mass is 10.2. The van der Waals surface area contributed by atoms with Gasteiger partial charge in [-0.1, -0.05) is 34.6 Å². The van der Waals surface area contributed by atoms with E-state index in [1.54, 1.807) is 0 Å². The minimum atomic E-state index is 0.567. The Labute approximate surface area is 128 Å². The molecule has 0 aliphatic heterocycles. The molecule has 4 heteroatoms. The lowest BCUT2D eigenvalue weighted by molar-refractivity contribution is 0.640. The number of nitrogens with one attached hydrogen (secondary N) is 1. The van der Waals surface area contributed by atoms with Crippen molar-refractivity contribution in [3.63, 3.8) is 0 Å². The Morgan fingerprint density at radius 3 is 2.35 bits per heavy atom. The highest BCUT2D eigenvalue weighted by Gasteiger charge is 2.15. The van der Waals surface area contributed by atoms with E-state index in [1.807, 2.05) is 11.8 Å². The summed E-state index contributed by atoms with van der Waals surface area (Å²) in [4.78, 5) is 9.44. The van der Waals surface area contributed by atoms with E-state index < -0.39 is 0 Å². The van der Waals surface area contributed by atoms with Crippen molar-refractivity contribution in [3.05, 3.63) is 11.4 Å². The zero-order valence-corrected chi connectivity index (χ0v) is 14.6. The van der Waals surface area contributed by atoms with E-state index in [1.165, 1.54) is 5.56 Å². The van der Waals surface area contributed by atoms with Crippen LogP contribution >= 0.6 is 11.8 Å². The van der Waals surface area contributed by atoms with Gasteiger partial charge < -0.3 is 5.32 Å². The van der Waals surface area contributed by atoms with Crippen molar-refractivity contribution in [1.29, 1.82) is 0 Å². The van der Waals surface area contributed by atoms with Gasteiger partial charge in [-0.25, -0.2) is 9.97 Å². The topological polar surface area (TPSA) is 37.8 Å².